The quantitative estimate of drug-likeness (QED) is 0.362. The molecule has 204 valence electrons. The molecule has 4 heterocycles. The molecule has 3 aromatic heterocycles. The first-order valence-corrected chi connectivity index (χ1v) is 13.7. The average Bonchev–Trinajstić information content (AvgIpc) is 3.64. The second-order valence-electron chi connectivity index (χ2n) is 10.7. The van der Waals surface area contributed by atoms with E-state index in [-0.39, 0.29) is 0 Å². The zero-order valence-electron chi connectivity index (χ0n) is 23.5. The van der Waals surface area contributed by atoms with Gasteiger partial charge in [0, 0.05) is 62.9 Å². The smallest absolute Gasteiger partial charge is 0.153 e. The first-order chi connectivity index (χ1) is 19.4. The lowest BCUT2D eigenvalue weighted by Crippen LogP contribution is -2.18. The van der Waals surface area contributed by atoms with Crippen LogP contribution in [0.15, 0.2) is 83.5 Å². The molecule has 0 unspecified atom stereocenters. The molecule has 1 aromatic carbocycles. The second-order valence-corrected chi connectivity index (χ2v) is 10.7. The van der Waals surface area contributed by atoms with E-state index in [1.165, 1.54) is 33.5 Å². The van der Waals surface area contributed by atoms with Gasteiger partial charge >= 0.3 is 0 Å². The van der Waals surface area contributed by atoms with Gasteiger partial charge in [0.25, 0.3) is 0 Å². The Labute approximate surface area is 234 Å². The van der Waals surface area contributed by atoms with Gasteiger partial charge in [0.2, 0.25) is 0 Å². The number of hydrogen-bond acceptors (Lipinski definition) is 6. The number of nitrogens with zero attached hydrogens (tertiary/aromatic N) is 8. The lowest BCUT2D eigenvalue weighted by atomic mass is 9.86. The third kappa shape index (κ3) is 5.46. The molecule has 9 heteroatoms. The lowest BCUT2D eigenvalue weighted by molar-refractivity contribution is 0.373. The molecule has 0 bridgehead atoms. The van der Waals surface area contributed by atoms with Crippen LogP contribution in [0.4, 0.5) is 5.82 Å². The van der Waals surface area contributed by atoms with Crippen LogP contribution in [-0.2, 0) is 33.5 Å². The van der Waals surface area contributed by atoms with Crippen LogP contribution in [0, 0.1) is 0 Å². The molecule has 40 heavy (non-hydrogen) atoms. The third-order valence-electron chi connectivity index (χ3n) is 7.37. The van der Waals surface area contributed by atoms with E-state index in [0.717, 1.165) is 55.2 Å². The van der Waals surface area contributed by atoms with Crippen LogP contribution in [0.2, 0.25) is 0 Å². The van der Waals surface area contributed by atoms with Gasteiger partial charge in [0.1, 0.15) is 5.82 Å². The highest BCUT2D eigenvalue weighted by atomic mass is 15.3. The van der Waals surface area contributed by atoms with Crippen molar-refractivity contribution in [3.05, 3.63) is 101 Å². The Balaban J connectivity index is 1.23. The fourth-order valence-corrected chi connectivity index (χ4v) is 5.29. The maximum atomic E-state index is 4.92. The number of aryl methyl sites for hydroxylation is 3. The van der Waals surface area contributed by atoms with Crippen molar-refractivity contribution in [2.45, 2.75) is 25.8 Å². The molecule has 4 aromatic rings. The van der Waals surface area contributed by atoms with Crippen molar-refractivity contribution in [3.8, 4) is 11.1 Å². The van der Waals surface area contributed by atoms with Gasteiger partial charge in [-0.3, -0.25) is 14.0 Å². The van der Waals surface area contributed by atoms with Gasteiger partial charge in [-0.2, -0.15) is 15.3 Å². The van der Waals surface area contributed by atoms with Crippen LogP contribution < -0.4 is 5.32 Å². The lowest BCUT2D eigenvalue weighted by Gasteiger charge is -2.18. The number of likely N-dealkylation sites (N-methyl/N-ethyl adjacent to an activating group) is 1. The van der Waals surface area contributed by atoms with Gasteiger partial charge < -0.3 is 10.2 Å². The Hall–Kier alpha value is -4.50. The van der Waals surface area contributed by atoms with E-state index in [0.29, 0.717) is 0 Å². The van der Waals surface area contributed by atoms with Crippen LogP contribution in [0.25, 0.3) is 16.7 Å². The summed E-state index contributed by atoms with van der Waals surface area (Å²) >= 11 is 0. The first-order valence-electron chi connectivity index (χ1n) is 13.7. The SMILES string of the molecule is CN(C)CCn1ccc(NC2=C/C=C/C3=C(/C=N\2)CCc2nn(C)c(Cc4cccc(-c5cnn(C)c5)c4)c23)n1. The number of allylic oxidation sites excluding steroid dienone is 5. The minimum absolute atomic E-state index is 0.769. The Bertz CT molecular complexity index is 1660. The maximum Gasteiger partial charge on any atom is 0.153 e. The Morgan fingerprint density at radius 3 is 2.77 bits per heavy atom. The topological polar surface area (TPSA) is 81.1 Å². The summed E-state index contributed by atoms with van der Waals surface area (Å²) in [5, 5.41) is 17.3. The van der Waals surface area contributed by atoms with E-state index in [9.17, 15) is 0 Å². The van der Waals surface area contributed by atoms with E-state index in [2.05, 4.69) is 82.7 Å². The molecule has 1 N–H and O–H groups in total. The minimum Gasteiger partial charge on any atom is -0.323 e. The molecule has 0 radical (unpaired) electrons. The molecule has 0 spiro atoms. The number of rotatable bonds is 8. The molecule has 1 aliphatic carbocycles. The van der Waals surface area contributed by atoms with E-state index >= 15 is 0 Å². The molecule has 0 amide bonds. The maximum absolute atomic E-state index is 4.92. The predicted molar refractivity (Wildman–Crippen MR) is 160 cm³/mol. The molecular formula is C31H35N9. The summed E-state index contributed by atoms with van der Waals surface area (Å²) in [7, 11) is 8.13. The Morgan fingerprint density at radius 1 is 1.05 bits per heavy atom. The van der Waals surface area contributed by atoms with Crippen LogP contribution in [0.3, 0.4) is 0 Å². The number of aliphatic imine (C=N–C) groups is 1. The zero-order valence-corrected chi connectivity index (χ0v) is 23.5. The summed E-state index contributed by atoms with van der Waals surface area (Å²) in [6, 6.07) is 10.7. The zero-order chi connectivity index (χ0) is 27.6. The molecule has 1 aliphatic heterocycles. The molecule has 0 atom stereocenters. The van der Waals surface area contributed by atoms with Crippen LogP contribution in [0.5, 0.6) is 0 Å². The largest absolute Gasteiger partial charge is 0.323 e. The Morgan fingerprint density at radius 2 is 1.95 bits per heavy atom. The molecule has 9 nitrogen and oxygen atoms in total. The van der Waals surface area contributed by atoms with Crippen LogP contribution in [0.1, 0.15) is 28.9 Å². The second kappa shape index (κ2) is 10.9. The van der Waals surface area contributed by atoms with Crippen LogP contribution >= 0.6 is 0 Å². The van der Waals surface area contributed by atoms with Crippen molar-refractivity contribution in [2.24, 2.45) is 19.1 Å². The summed E-state index contributed by atoms with van der Waals surface area (Å²) in [6.07, 6.45) is 16.9. The summed E-state index contributed by atoms with van der Waals surface area (Å²) in [5.41, 5.74) is 9.59. The fraction of sp³-hybridized carbons (Fsp3) is 0.290. The third-order valence-corrected chi connectivity index (χ3v) is 7.37. The predicted octanol–water partition coefficient (Wildman–Crippen LogP) is 4.46. The normalized spacial score (nSPS) is 17.6. The van der Waals surface area contributed by atoms with Gasteiger partial charge in [0.15, 0.2) is 5.82 Å². The highest BCUT2D eigenvalue weighted by Crippen LogP contribution is 2.36. The number of hydrogen-bond donors (Lipinski definition) is 1. The summed E-state index contributed by atoms with van der Waals surface area (Å²) in [6.45, 7) is 1.78. The number of aromatic nitrogens is 6. The van der Waals surface area contributed by atoms with Crippen molar-refractivity contribution in [3.63, 3.8) is 0 Å². The molecule has 0 saturated heterocycles. The van der Waals surface area contributed by atoms with E-state index in [1.54, 1.807) is 0 Å². The minimum atomic E-state index is 0.769. The summed E-state index contributed by atoms with van der Waals surface area (Å²) in [5.74, 6) is 1.56. The Kier molecular flexibility index (Phi) is 7.04. The number of fused-ring (bicyclic) bond motifs is 2. The average molecular weight is 534 g/mol. The molecule has 0 fully saturated rings. The van der Waals surface area contributed by atoms with Gasteiger partial charge in [0.05, 0.1) is 24.1 Å². The monoisotopic (exact) mass is 533 g/mol. The fourth-order valence-electron chi connectivity index (χ4n) is 5.29. The highest BCUT2D eigenvalue weighted by Gasteiger charge is 2.25. The van der Waals surface area contributed by atoms with E-state index in [1.807, 2.05) is 53.4 Å². The standard InChI is InChI=1S/C31H35N9/c1-37(2)15-16-40-14-13-30(36-40)34-29-10-6-9-26-24(19-32-29)11-12-27-31(26)28(39(4)35-27)18-22-7-5-8-23(17-22)25-20-33-38(3)21-25/h5-10,13-14,17,19-21H,11-12,15-16,18H2,1-4H3,(H,32,34,36). The molecular weight excluding hydrogens is 498 g/mol. The van der Waals surface area contributed by atoms with E-state index < -0.39 is 0 Å². The molecule has 0 saturated carbocycles. The molecule has 6 rings (SSSR count). The van der Waals surface area contributed by atoms with Crippen molar-refractivity contribution in [1.82, 2.24) is 34.2 Å². The molecule has 2 aliphatic rings. The van der Waals surface area contributed by atoms with Gasteiger partial charge in [-0.05, 0) is 55.3 Å². The van der Waals surface area contributed by atoms with Gasteiger partial charge in [-0.25, -0.2) is 4.99 Å². The number of nitrogens with one attached hydrogen (secondary N) is 1. The highest BCUT2D eigenvalue weighted by molar-refractivity contribution is 5.97. The summed E-state index contributed by atoms with van der Waals surface area (Å²) in [4.78, 5) is 6.96. The number of anilines is 1. The van der Waals surface area contributed by atoms with Crippen molar-refractivity contribution >= 4 is 17.6 Å². The van der Waals surface area contributed by atoms with Gasteiger partial charge in [-0.15, -0.1) is 0 Å². The van der Waals surface area contributed by atoms with E-state index in [4.69, 9.17) is 10.1 Å². The number of benzene rings is 1. The summed E-state index contributed by atoms with van der Waals surface area (Å²) < 4.78 is 5.84. The van der Waals surface area contributed by atoms with Crippen molar-refractivity contribution in [2.75, 3.05) is 26.0 Å². The van der Waals surface area contributed by atoms with Crippen molar-refractivity contribution < 1.29 is 0 Å². The first kappa shape index (κ1) is 25.8. The van der Waals surface area contributed by atoms with Crippen molar-refractivity contribution in [1.29, 1.82) is 0 Å². The van der Waals surface area contributed by atoms with Crippen LogP contribution in [-0.4, -0.2) is 61.1 Å². The van der Waals surface area contributed by atoms with Gasteiger partial charge in [-0.1, -0.05) is 36.4 Å².